The molecule has 1 aliphatic carbocycles. The molecule has 3 rings (SSSR count). The number of benzene rings is 1. The van der Waals surface area contributed by atoms with Crippen LogP contribution in [-0.2, 0) is 0 Å². The van der Waals surface area contributed by atoms with Crippen molar-refractivity contribution in [3.05, 3.63) is 62.9 Å². The van der Waals surface area contributed by atoms with E-state index in [1.165, 1.54) is 34.4 Å². The van der Waals surface area contributed by atoms with E-state index in [2.05, 4.69) is 19.9 Å². The van der Waals surface area contributed by atoms with Gasteiger partial charge < -0.3 is 0 Å². The average Bonchev–Trinajstić information content (AvgIpc) is 3.15. The van der Waals surface area contributed by atoms with Crippen molar-refractivity contribution in [1.29, 1.82) is 0 Å². The van der Waals surface area contributed by atoms with Gasteiger partial charge in [0, 0.05) is 10.4 Å². The number of allylic oxidation sites excluding steroid dienone is 2. The molecule has 1 heterocycles. The Hall–Kier alpha value is -1.67. The van der Waals surface area contributed by atoms with Gasteiger partial charge >= 0.3 is 0 Å². The van der Waals surface area contributed by atoms with E-state index in [-0.39, 0.29) is 5.78 Å². The molecular formula is C20H24OS. The predicted molar refractivity (Wildman–Crippen MR) is 96.7 cm³/mol. The van der Waals surface area contributed by atoms with Crippen molar-refractivity contribution in [3.63, 3.8) is 0 Å². The van der Waals surface area contributed by atoms with E-state index in [9.17, 15) is 4.79 Å². The van der Waals surface area contributed by atoms with Gasteiger partial charge in [0.2, 0.25) is 5.78 Å². The highest BCUT2D eigenvalue weighted by atomic mass is 32.1. The number of ketones is 1. The molecule has 0 N–H and O–H groups in total. The maximum atomic E-state index is 12.5. The molecule has 0 atom stereocenters. The number of rotatable bonds is 3. The van der Waals surface area contributed by atoms with Crippen molar-refractivity contribution in [2.45, 2.75) is 47.0 Å². The maximum absolute atomic E-state index is 12.5. The van der Waals surface area contributed by atoms with Gasteiger partial charge in [0.05, 0.1) is 4.88 Å². The number of aryl methyl sites for hydroxylation is 1. The fraction of sp³-hybridized carbons (Fsp3) is 0.350. The molecule has 1 nitrogen and oxygen atoms in total. The van der Waals surface area contributed by atoms with Crippen molar-refractivity contribution in [1.82, 2.24) is 0 Å². The zero-order chi connectivity index (χ0) is 16.1. The van der Waals surface area contributed by atoms with Crippen molar-refractivity contribution in [3.8, 4) is 0 Å². The van der Waals surface area contributed by atoms with Gasteiger partial charge in [0.25, 0.3) is 0 Å². The van der Waals surface area contributed by atoms with E-state index in [0.29, 0.717) is 0 Å². The SMILES string of the molecule is CC.CC1=C(c2cc(C(=O)c3ccccc3)sc2C)CCC1. The largest absolute Gasteiger partial charge is 0.288 e. The summed E-state index contributed by atoms with van der Waals surface area (Å²) in [5, 5.41) is 0. The summed E-state index contributed by atoms with van der Waals surface area (Å²) in [5.41, 5.74) is 5.03. The fourth-order valence-electron chi connectivity index (χ4n) is 2.88. The Morgan fingerprint density at radius 3 is 2.32 bits per heavy atom. The lowest BCUT2D eigenvalue weighted by atomic mass is 10.0. The van der Waals surface area contributed by atoms with Gasteiger partial charge in [-0.15, -0.1) is 11.3 Å². The monoisotopic (exact) mass is 312 g/mol. The molecule has 0 aliphatic heterocycles. The first-order chi connectivity index (χ1) is 10.7. The number of hydrogen-bond acceptors (Lipinski definition) is 2. The third-order valence-electron chi connectivity index (χ3n) is 4.00. The van der Waals surface area contributed by atoms with Crippen LogP contribution in [0, 0.1) is 6.92 Å². The van der Waals surface area contributed by atoms with Crippen LogP contribution in [0.1, 0.15) is 65.7 Å². The number of carbonyl (C=O) groups is 1. The molecule has 0 spiro atoms. The van der Waals surface area contributed by atoms with Gasteiger partial charge in [-0.3, -0.25) is 4.79 Å². The quantitative estimate of drug-likeness (QED) is 0.610. The van der Waals surface area contributed by atoms with Gasteiger partial charge in [0.1, 0.15) is 0 Å². The Kier molecular flexibility index (Phi) is 5.73. The topological polar surface area (TPSA) is 17.1 Å². The molecule has 0 radical (unpaired) electrons. The molecule has 1 aliphatic rings. The van der Waals surface area contributed by atoms with Crippen molar-refractivity contribution >= 4 is 22.7 Å². The Bertz CT molecular complexity index is 677. The van der Waals surface area contributed by atoms with Crippen LogP contribution in [-0.4, -0.2) is 5.78 Å². The highest BCUT2D eigenvalue weighted by Crippen LogP contribution is 2.38. The molecular weight excluding hydrogens is 288 g/mol. The van der Waals surface area contributed by atoms with Crippen molar-refractivity contribution in [2.24, 2.45) is 0 Å². The van der Waals surface area contributed by atoms with Gasteiger partial charge in [-0.25, -0.2) is 0 Å². The minimum absolute atomic E-state index is 0.140. The van der Waals surface area contributed by atoms with Gasteiger partial charge in [-0.05, 0) is 50.3 Å². The molecule has 2 aromatic rings. The van der Waals surface area contributed by atoms with E-state index in [1.807, 2.05) is 44.2 Å². The Labute approximate surface area is 137 Å². The molecule has 0 amide bonds. The van der Waals surface area contributed by atoms with Crippen LogP contribution in [0.3, 0.4) is 0 Å². The Morgan fingerprint density at radius 1 is 1.05 bits per heavy atom. The predicted octanol–water partition coefficient (Wildman–Crippen LogP) is 6.27. The molecule has 0 saturated heterocycles. The third-order valence-corrected chi connectivity index (χ3v) is 5.05. The van der Waals surface area contributed by atoms with Crippen LogP contribution in [0.25, 0.3) is 5.57 Å². The van der Waals surface area contributed by atoms with Crippen molar-refractivity contribution < 1.29 is 4.79 Å². The van der Waals surface area contributed by atoms with Crippen LogP contribution < -0.4 is 0 Å². The number of thiophene rings is 1. The van der Waals surface area contributed by atoms with E-state index in [1.54, 1.807) is 11.3 Å². The molecule has 0 unspecified atom stereocenters. The molecule has 0 saturated carbocycles. The molecule has 2 heteroatoms. The van der Waals surface area contributed by atoms with Crippen molar-refractivity contribution in [2.75, 3.05) is 0 Å². The fourth-order valence-corrected chi connectivity index (χ4v) is 3.89. The zero-order valence-electron chi connectivity index (χ0n) is 13.9. The summed E-state index contributed by atoms with van der Waals surface area (Å²) in [4.78, 5) is 14.6. The summed E-state index contributed by atoms with van der Waals surface area (Å²) in [6.07, 6.45) is 3.60. The van der Waals surface area contributed by atoms with Crippen LogP contribution in [0.5, 0.6) is 0 Å². The minimum Gasteiger partial charge on any atom is -0.288 e. The molecule has 0 bridgehead atoms. The van der Waals surface area contributed by atoms with Gasteiger partial charge in [-0.1, -0.05) is 49.8 Å². The Morgan fingerprint density at radius 2 is 1.73 bits per heavy atom. The lowest BCUT2D eigenvalue weighted by molar-refractivity contribution is 0.104. The van der Waals surface area contributed by atoms with Crippen LogP contribution >= 0.6 is 11.3 Å². The van der Waals surface area contributed by atoms with E-state index in [0.717, 1.165) is 16.9 Å². The van der Waals surface area contributed by atoms with Crippen LogP contribution in [0.15, 0.2) is 42.0 Å². The standard InChI is InChI=1S/C18H18OS.C2H6/c1-12-7-6-10-15(12)16-11-17(20-13(16)2)18(19)14-8-4-3-5-9-14;1-2/h3-5,8-9,11H,6-7,10H2,1-2H3;1-2H3. The van der Waals surface area contributed by atoms with Gasteiger partial charge in [0.15, 0.2) is 0 Å². The highest BCUT2D eigenvalue weighted by Gasteiger charge is 2.19. The van der Waals surface area contributed by atoms with E-state index < -0.39 is 0 Å². The summed E-state index contributed by atoms with van der Waals surface area (Å²) >= 11 is 1.62. The second-order valence-corrected chi connectivity index (χ2v) is 6.64. The normalized spacial score (nSPS) is 13.8. The second kappa shape index (κ2) is 7.55. The molecule has 22 heavy (non-hydrogen) atoms. The molecule has 1 aromatic heterocycles. The summed E-state index contributed by atoms with van der Waals surface area (Å²) in [6, 6.07) is 11.6. The molecule has 0 fully saturated rings. The smallest absolute Gasteiger partial charge is 0.202 e. The number of carbonyl (C=O) groups excluding carboxylic acids is 1. The maximum Gasteiger partial charge on any atom is 0.202 e. The summed E-state index contributed by atoms with van der Waals surface area (Å²) < 4.78 is 0. The molecule has 116 valence electrons. The van der Waals surface area contributed by atoms with Gasteiger partial charge in [-0.2, -0.15) is 0 Å². The van der Waals surface area contributed by atoms with Crippen LogP contribution in [0.4, 0.5) is 0 Å². The molecule has 1 aromatic carbocycles. The first-order valence-corrected chi connectivity index (χ1v) is 8.87. The van der Waals surface area contributed by atoms with E-state index in [4.69, 9.17) is 0 Å². The third kappa shape index (κ3) is 3.38. The van der Waals surface area contributed by atoms with E-state index >= 15 is 0 Å². The van der Waals surface area contributed by atoms with Crippen LogP contribution in [0.2, 0.25) is 0 Å². The number of hydrogen-bond donors (Lipinski definition) is 0. The highest BCUT2D eigenvalue weighted by molar-refractivity contribution is 7.14. The summed E-state index contributed by atoms with van der Waals surface area (Å²) in [7, 11) is 0. The first kappa shape index (κ1) is 16.7. The second-order valence-electron chi connectivity index (χ2n) is 5.39. The average molecular weight is 312 g/mol. The Balaban J connectivity index is 0.000000847. The zero-order valence-corrected chi connectivity index (χ0v) is 14.7. The lowest BCUT2D eigenvalue weighted by Gasteiger charge is -2.02. The minimum atomic E-state index is 0.140. The summed E-state index contributed by atoms with van der Waals surface area (Å²) in [6.45, 7) is 8.35. The summed E-state index contributed by atoms with van der Waals surface area (Å²) in [5.74, 6) is 0.140. The lowest BCUT2D eigenvalue weighted by Crippen LogP contribution is -1.97. The first-order valence-electron chi connectivity index (χ1n) is 8.06.